The van der Waals surface area contributed by atoms with E-state index in [1.807, 2.05) is 0 Å². The minimum absolute atomic E-state index is 0. The highest BCUT2D eigenvalue weighted by molar-refractivity contribution is 4.55. The average molecular weight is 103 g/mol. The van der Waals surface area contributed by atoms with Crippen molar-refractivity contribution in [3.63, 3.8) is 0 Å². The van der Waals surface area contributed by atoms with E-state index in [-0.39, 0.29) is 7.58 Å². The molecule has 0 aliphatic carbocycles. The summed E-state index contributed by atoms with van der Waals surface area (Å²) in [6.07, 6.45) is 4.22. The molecule has 1 aliphatic heterocycles. The molecule has 1 saturated heterocycles. The lowest BCUT2D eigenvalue weighted by atomic mass is 10.2. The van der Waals surface area contributed by atoms with Crippen molar-refractivity contribution in [2.75, 3.05) is 13.1 Å². The molecule has 0 spiro atoms. The van der Waals surface area contributed by atoms with Crippen LogP contribution >= 0.6 is 0 Å². The molecule has 2 heteroatoms. The Kier molecular flexibility index (Phi) is 4.04. The highest BCUT2D eigenvalue weighted by atomic mass is 14.9. The summed E-state index contributed by atoms with van der Waals surface area (Å²) in [7, 11) is 0. The maximum Gasteiger partial charge on any atom is 1.00 e. The summed E-state index contributed by atoms with van der Waals surface area (Å²) in [5, 5.41) is 3.28. The molecule has 0 unspecified atom stereocenters. The minimum atomic E-state index is 0. The number of nitrogens with one attached hydrogen (secondary N) is 1. The number of hydrogen-bond donors (Lipinski definition) is 2. The Labute approximate surface area is 46.4 Å². The van der Waals surface area contributed by atoms with Crippen LogP contribution in [0.4, 0.5) is 0 Å². The molecule has 0 atom stereocenters. The second-order valence-corrected chi connectivity index (χ2v) is 1.81. The van der Waals surface area contributed by atoms with Crippen LogP contribution in [0.5, 0.6) is 0 Å². The molecule has 0 aromatic rings. The summed E-state index contributed by atoms with van der Waals surface area (Å²) < 4.78 is 0. The fraction of sp³-hybridized carbons (Fsp3) is 1.00. The zero-order valence-electron chi connectivity index (χ0n) is 5.74. The molecule has 0 aromatic carbocycles. The molecular weight excluding hydrogens is 88.1 g/mol. The first-order valence-corrected chi connectivity index (χ1v) is 2.71. The van der Waals surface area contributed by atoms with E-state index < -0.39 is 0 Å². The first-order chi connectivity index (χ1) is 3.00. The first-order valence-electron chi connectivity index (χ1n) is 2.71. The highest BCUT2D eigenvalue weighted by Crippen LogP contribution is 1.96. The quantitative estimate of drug-likeness (QED) is 0.481. The average Bonchev–Trinajstić information content (AvgIpc) is 1.72. The van der Waals surface area contributed by atoms with Crippen LogP contribution in [0.2, 0.25) is 0 Å². The third-order valence-electron chi connectivity index (χ3n) is 1.21. The summed E-state index contributed by atoms with van der Waals surface area (Å²) in [5.74, 6) is 0. The zero-order valence-corrected chi connectivity index (χ0v) is 4.74. The van der Waals surface area contributed by atoms with Crippen molar-refractivity contribution in [3.8, 4) is 0 Å². The van der Waals surface area contributed by atoms with Crippen molar-refractivity contribution in [1.82, 2.24) is 11.5 Å². The Hall–Kier alpha value is -0.0800. The molecule has 1 fully saturated rings. The Bertz CT molecular complexity index is 25.9. The van der Waals surface area contributed by atoms with E-state index >= 15 is 0 Å². The van der Waals surface area contributed by atoms with E-state index in [0.717, 1.165) is 0 Å². The van der Waals surface area contributed by atoms with Gasteiger partial charge in [-0.1, -0.05) is 6.42 Å². The van der Waals surface area contributed by atoms with Gasteiger partial charge in [0.15, 0.2) is 0 Å². The first kappa shape index (κ1) is 6.92. The summed E-state index contributed by atoms with van der Waals surface area (Å²) in [6.45, 7) is 2.50. The van der Waals surface area contributed by atoms with Crippen LogP contribution in [0.3, 0.4) is 0 Å². The summed E-state index contributed by atoms with van der Waals surface area (Å²) in [5.41, 5.74) is 0. The van der Waals surface area contributed by atoms with Gasteiger partial charge in [-0.15, -0.1) is 0 Å². The third kappa shape index (κ3) is 2.60. The molecule has 0 amide bonds. The van der Waals surface area contributed by atoms with Crippen LogP contribution < -0.4 is 11.5 Å². The molecule has 1 heterocycles. The van der Waals surface area contributed by atoms with Gasteiger partial charge in [0.25, 0.3) is 0 Å². The zero-order chi connectivity index (χ0) is 4.24. The van der Waals surface area contributed by atoms with Crippen LogP contribution in [0.25, 0.3) is 0 Å². The number of piperidine rings is 1. The van der Waals surface area contributed by atoms with Crippen molar-refractivity contribution in [2.24, 2.45) is 0 Å². The lowest BCUT2D eigenvalue weighted by Gasteiger charge is -2.08. The predicted molar refractivity (Wildman–Crippen MR) is 32.9 cm³/mol. The molecule has 4 N–H and O–H groups in total. The SMILES string of the molecule is C1CCNCC1.N.[H+]. The van der Waals surface area contributed by atoms with Crippen molar-refractivity contribution >= 4 is 0 Å². The number of hydrogen-bond acceptors (Lipinski definition) is 2. The van der Waals surface area contributed by atoms with Crippen molar-refractivity contribution in [2.45, 2.75) is 19.3 Å². The normalized spacial score (nSPS) is 20.6. The van der Waals surface area contributed by atoms with Gasteiger partial charge < -0.3 is 11.5 Å². The maximum absolute atomic E-state index is 3.28. The molecule has 7 heavy (non-hydrogen) atoms. The van der Waals surface area contributed by atoms with Crippen molar-refractivity contribution in [3.05, 3.63) is 0 Å². The minimum Gasteiger partial charge on any atom is -0.344 e. The van der Waals surface area contributed by atoms with Gasteiger partial charge in [0.05, 0.1) is 0 Å². The Morgan fingerprint density at radius 2 is 1.57 bits per heavy atom. The second kappa shape index (κ2) is 4.09. The Morgan fingerprint density at radius 1 is 1.00 bits per heavy atom. The van der Waals surface area contributed by atoms with E-state index in [0.29, 0.717) is 0 Å². The molecule has 1 aliphatic rings. The van der Waals surface area contributed by atoms with Gasteiger partial charge in [0.1, 0.15) is 0 Å². The lowest BCUT2D eigenvalue weighted by molar-refractivity contribution is 0.520. The fourth-order valence-corrected chi connectivity index (χ4v) is 0.802. The second-order valence-electron chi connectivity index (χ2n) is 1.81. The van der Waals surface area contributed by atoms with Crippen LogP contribution in [0.15, 0.2) is 0 Å². The van der Waals surface area contributed by atoms with E-state index in [4.69, 9.17) is 0 Å². The summed E-state index contributed by atoms with van der Waals surface area (Å²) in [4.78, 5) is 0. The molecular formula is C5H15N2+. The summed E-state index contributed by atoms with van der Waals surface area (Å²) >= 11 is 0. The smallest absolute Gasteiger partial charge is 0.344 e. The van der Waals surface area contributed by atoms with Gasteiger partial charge in [0.2, 0.25) is 0 Å². The molecule has 1 rings (SSSR count). The van der Waals surface area contributed by atoms with Crippen molar-refractivity contribution in [1.29, 1.82) is 0 Å². The van der Waals surface area contributed by atoms with Crippen LogP contribution in [0.1, 0.15) is 20.7 Å². The van der Waals surface area contributed by atoms with Crippen LogP contribution in [-0.2, 0) is 0 Å². The maximum atomic E-state index is 3.28. The van der Waals surface area contributed by atoms with Gasteiger partial charge in [-0.25, -0.2) is 0 Å². The van der Waals surface area contributed by atoms with E-state index in [1.165, 1.54) is 32.4 Å². The molecule has 0 radical (unpaired) electrons. The Morgan fingerprint density at radius 3 is 1.71 bits per heavy atom. The fourth-order valence-electron chi connectivity index (χ4n) is 0.802. The standard InChI is InChI=1S/C5H11N.H3N/c1-2-4-6-5-3-1;/h6H,1-5H2;1H3/p+1. The van der Waals surface area contributed by atoms with Crippen LogP contribution in [0, 0.1) is 0 Å². The molecule has 0 bridgehead atoms. The molecule has 0 aromatic heterocycles. The van der Waals surface area contributed by atoms with Gasteiger partial charge in [-0.3, -0.25) is 0 Å². The van der Waals surface area contributed by atoms with Gasteiger partial charge in [-0.2, -0.15) is 0 Å². The predicted octanol–water partition coefficient (Wildman–Crippen LogP) is 1.03. The van der Waals surface area contributed by atoms with Gasteiger partial charge in [-0.05, 0) is 25.9 Å². The van der Waals surface area contributed by atoms with Crippen molar-refractivity contribution < 1.29 is 1.43 Å². The highest BCUT2D eigenvalue weighted by Gasteiger charge is 1.93. The largest absolute Gasteiger partial charge is 1.00 e. The topological polar surface area (TPSA) is 47.0 Å². The van der Waals surface area contributed by atoms with Gasteiger partial charge >= 0.3 is 1.43 Å². The van der Waals surface area contributed by atoms with Gasteiger partial charge in [0, 0.05) is 0 Å². The third-order valence-corrected chi connectivity index (χ3v) is 1.21. The Balaban J connectivity index is 0. The lowest BCUT2D eigenvalue weighted by Crippen LogP contribution is -2.21. The molecule has 0 saturated carbocycles. The van der Waals surface area contributed by atoms with E-state index in [2.05, 4.69) is 5.32 Å². The monoisotopic (exact) mass is 103 g/mol. The molecule has 2 nitrogen and oxygen atoms in total. The number of rotatable bonds is 0. The molecule has 44 valence electrons. The van der Waals surface area contributed by atoms with E-state index in [1.54, 1.807) is 0 Å². The van der Waals surface area contributed by atoms with Crippen LogP contribution in [-0.4, -0.2) is 13.1 Å². The summed E-state index contributed by atoms with van der Waals surface area (Å²) in [6, 6.07) is 0. The van der Waals surface area contributed by atoms with E-state index in [9.17, 15) is 0 Å².